The lowest BCUT2D eigenvalue weighted by atomic mass is 9.85. The van der Waals surface area contributed by atoms with Gasteiger partial charge >= 0.3 is 0 Å². The Labute approximate surface area is 182 Å². The van der Waals surface area contributed by atoms with E-state index in [-0.39, 0.29) is 17.9 Å². The predicted molar refractivity (Wildman–Crippen MR) is 119 cm³/mol. The lowest BCUT2D eigenvalue weighted by molar-refractivity contribution is 0.0601. The molecule has 0 saturated carbocycles. The molecule has 2 heterocycles. The van der Waals surface area contributed by atoms with E-state index in [0.717, 1.165) is 17.5 Å². The number of carbonyl (C=O) groups is 1. The van der Waals surface area contributed by atoms with Gasteiger partial charge in [0, 0.05) is 12.1 Å². The molecule has 0 spiro atoms. The molecule has 31 heavy (non-hydrogen) atoms. The van der Waals surface area contributed by atoms with E-state index in [1.165, 1.54) is 5.56 Å². The Bertz CT molecular complexity index is 1090. The smallest absolute Gasteiger partial charge is 0.260 e. The zero-order valence-electron chi connectivity index (χ0n) is 18.6. The van der Waals surface area contributed by atoms with E-state index in [1.54, 1.807) is 21.1 Å². The van der Waals surface area contributed by atoms with Crippen LogP contribution in [0, 0.1) is 12.8 Å². The van der Waals surface area contributed by atoms with E-state index in [1.807, 2.05) is 47.4 Å². The molecule has 0 N–H and O–H groups in total. The largest absolute Gasteiger partial charge is 0.493 e. The molecule has 0 aliphatic carbocycles. The van der Waals surface area contributed by atoms with E-state index >= 15 is 0 Å². The van der Waals surface area contributed by atoms with Crippen LogP contribution in [-0.4, -0.2) is 36.7 Å². The van der Waals surface area contributed by atoms with Crippen molar-refractivity contribution >= 4 is 5.91 Å². The molecule has 1 aliphatic heterocycles. The molecule has 0 fully saturated rings. The molecular weight excluding hydrogens is 392 g/mol. The monoisotopic (exact) mass is 420 g/mol. The number of hydrogen-bond acceptors (Lipinski definition) is 5. The summed E-state index contributed by atoms with van der Waals surface area (Å²) < 4.78 is 16.5. The SMILES string of the molecule is COc1cc2c(cc1OC)C(C(C)C)N(C(=O)c1c(-c3ccccc3)noc1C)CC2. The third kappa shape index (κ3) is 3.67. The molecule has 1 amide bonds. The maximum absolute atomic E-state index is 13.8. The number of fused-ring (bicyclic) bond motifs is 1. The van der Waals surface area contributed by atoms with Crippen molar-refractivity contribution in [2.45, 2.75) is 33.2 Å². The van der Waals surface area contributed by atoms with Crippen molar-refractivity contribution in [3.05, 3.63) is 64.9 Å². The summed E-state index contributed by atoms with van der Waals surface area (Å²) in [5, 5.41) is 4.21. The molecule has 4 rings (SSSR count). The fourth-order valence-corrected chi connectivity index (χ4v) is 4.48. The Balaban J connectivity index is 1.78. The minimum atomic E-state index is -0.0889. The van der Waals surface area contributed by atoms with Gasteiger partial charge in [-0.3, -0.25) is 4.79 Å². The Morgan fingerprint density at radius 1 is 1.13 bits per heavy atom. The number of aromatic nitrogens is 1. The van der Waals surface area contributed by atoms with E-state index in [9.17, 15) is 4.79 Å². The van der Waals surface area contributed by atoms with Crippen LogP contribution in [0.25, 0.3) is 11.3 Å². The van der Waals surface area contributed by atoms with Gasteiger partial charge in [-0.05, 0) is 42.5 Å². The quantitative estimate of drug-likeness (QED) is 0.577. The molecule has 6 heteroatoms. The van der Waals surface area contributed by atoms with E-state index in [0.29, 0.717) is 35.1 Å². The number of carbonyl (C=O) groups excluding carboxylic acids is 1. The highest BCUT2D eigenvalue weighted by molar-refractivity contribution is 6.01. The van der Waals surface area contributed by atoms with Gasteiger partial charge in [0.05, 0.1) is 20.3 Å². The molecule has 1 unspecified atom stereocenters. The third-order valence-electron chi connectivity index (χ3n) is 5.94. The second-order valence-corrected chi connectivity index (χ2v) is 8.17. The number of rotatable bonds is 5. The molecule has 6 nitrogen and oxygen atoms in total. The number of hydrogen-bond donors (Lipinski definition) is 0. The summed E-state index contributed by atoms with van der Waals surface area (Å²) in [5.74, 6) is 2.07. The highest BCUT2D eigenvalue weighted by Crippen LogP contribution is 2.42. The Kier molecular flexibility index (Phi) is 5.72. The highest BCUT2D eigenvalue weighted by atomic mass is 16.5. The molecule has 1 atom stereocenters. The highest BCUT2D eigenvalue weighted by Gasteiger charge is 2.37. The summed E-state index contributed by atoms with van der Waals surface area (Å²) in [4.78, 5) is 15.8. The van der Waals surface area contributed by atoms with Crippen molar-refractivity contribution in [3.63, 3.8) is 0 Å². The molecule has 162 valence electrons. The van der Waals surface area contributed by atoms with Crippen molar-refractivity contribution in [3.8, 4) is 22.8 Å². The average molecular weight is 421 g/mol. The summed E-state index contributed by atoms with van der Waals surface area (Å²) in [6, 6.07) is 13.6. The zero-order valence-corrected chi connectivity index (χ0v) is 18.6. The fraction of sp³-hybridized carbons (Fsp3) is 0.360. The van der Waals surface area contributed by atoms with Crippen LogP contribution in [0.4, 0.5) is 0 Å². The maximum atomic E-state index is 13.8. The zero-order chi connectivity index (χ0) is 22.1. The van der Waals surface area contributed by atoms with Crippen LogP contribution in [0.5, 0.6) is 11.5 Å². The summed E-state index contributed by atoms with van der Waals surface area (Å²) >= 11 is 0. The van der Waals surface area contributed by atoms with E-state index < -0.39 is 0 Å². The number of methoxy groups -OCH3 is 2. The van der Waals surface area contributed by atoms with Crippen molar-refractivity contribution < 1.29 is 18.8 Å². The number of nitrogens with zero attached hydrogens (tertiary/aromatic N) is 2. The number of amides is 1. The first-order valence-corrected chi connectivity index (χ1v) is 10.5. The third-order valence-corrected chi connectivity index (χ3v) is 5.94. The standard InChI is InChI=1S/C25H28N2O4/c1-15(2)24-19-14-21(30-5)20(29-4)13-18(19)11-12-27(24)25(28)22-16(3)31-26-23(22)17-9-7-6-8-10-17/h6-10,13-15,24H,11-12H2,1-5H3. The minimum Gasteiger partial charge on any atom is -0.493 e. The first kappa shape index (κ1) is 21.0. The minimum absolute atomic E-state index is 0.0586. The number of ether oxygens (including phenoxy) is 2. The lowest BCUT2D eigenvalue weighted by Crippen LogP contribution is -2.42. The van der Waals surface area contributed by atoms with Crippen molar-refractivity contribution in [2.75, 3.05) is 20.8 Å². The van der Waals surface area contributed by atoms with Crippen LogP contribution < -0.4 is 9.47 Å². The van der Waals surface area contributed by atoms with Crippen LogP contribution in [-0.2, 0) is 6.42 Å². The first-order valence-electron chi connectivity index (χ1n) is 10.5. The van der Waals surface area contributed by atoms with Crippen molar-refractivity contribution in [2.24, 2.45) is 5.92 Å². The Hall–Kier alpha value is -3.28. The fourth-order valence-electron chi connectivity index (χ4n) is 4.48. The van der Waals surface area contributed by atoms with E-state index in [4.69, 9.17) is 14.0 Å². The first-order chi connectivity index (χ1) is 15.0. The second-order valence-electron chi connectivity index (χ2n) is 8.17. The number of aryl methyl sites for hydroxylation is 1. The average Bonchev–Trinajstić information content (AvgIpc) is 3.18. The van der Waals surface area contributed by atoms with Gasteiger partial charge in [0.25, 0.3) is 5.91 Å². The summed E-state index contributed by atoms with van der Waals surface area (Å²) in [6.07, 6.45) is 0.746. The van der Waals surface area contributed by atoms with Crippen LogP contribution in [0.1, 0.15) is 47.1 Å². The van der Waals surface area contributed by atoms with Gasteiger partial charge in [0.15, 0.2) is 11.5 Å². The Morgan fingerprint density at radius 3 is 2.45 bits per heavy atom. The van der Waals surface area contributed by atoms with Crippen LogP contribution in [0.3, 0.4) is 0 Å². The molecular formula is C25H28N2O4. The van der Waals surface area contributed by atoms with Crippen LogP contribution >= 0.6 is 0 Å². The van der Waals surface area contributed by atoms with Crippen molar-refractivity contribution in [1.29, 1.82) is 0 Å². The topological polar surface area (TPSA) is 64.8 Å². The summed E-state index contributed by atoms with van der Waals surface area (Å²) in [5.41, 5.74) is 4.27. The Morgan fingerprint density at radius 2 is 1.81 bits per heavy atom. The molecule has 1 aliphatic rings. The second kappa shape index (κ2) is 8.46. The molecule has 0 saturated heterocycles. The van der Waals surface area contributed by atoms with Gasteiger partial charge in [-0.2, -0.15) is 0 Å². The van der Waals surface area contributed by atoms with Gasteiger partial charge < -0.3 is 18.9 Å². The van der Waals surface area contributed by atoms with Crippen LogP contribution in [0.2, 0.25) is 0 Å². The van der Waals surface area contributed by atoms with Gasteiger partial charge in [-0.1, -0.05) is 49.3 Å². The summed E-state index contributed by atoms with van der Waals surface area (Å²) in [7, 11) is 3.27. The van der Waals surface area contributed by atoms with Crippen molar-refractivity contribution in [1.82, 2.24) is 10.1 Å². The normalized spacial score (nSPS) is 15.7. The van der Waals surface area contributed by atoms with Gasteiger partial charge in [0.1, 0.15) is 17.0 Å². The molecule has 2 aromatic carbocycles. The van der Waals surface area contributed by atoms with Crippen LogP contribution in [0.15, 0.2) is 47.0 Å². The molecule has 0 radical (unpaired) electrons. The molecule has 0 bridgehead atoms. The van der Waals surface area contributed by atoms with Gasteiger partial charge in [0.2, 0.25) is 0 Å². The predicted octanol–water partition coefficient (Wildman–Crippen LogP) is 5.06. The van der Waals surface area contributed by atoms with Gasteiger partial charge in [-0.15, -0.1) is 0 Å². The van der Waals surface area contributed by atoms with Gasteiger partial charge in [-0.25, -0.2) is 0 Å². The van der Waals surface area contributed by atoms with E-state index in [2.05, 4.69) is 19.0 Å². The lowest BCUT2D eigenvalue weighted by Gasteiger charge is -2.40. The maximum Gasteiger partial charge on any atom is 0.260 e. The number of benzene rings is 2. The summed E-state index contributed by atoms with van der Waals surface area (Å²) in [6.45, 7) is 6.68. The molecule has 1 aromatic heterocycles. The molecule has 3 aromatic rings.